The molecule has 26 heavy (non-hydrogen) atoms. The van der Waals surface area contributed by atoms with Crippen LogP contribution in [0.3, 0.4) is 0 Å². The molecule has 3 rings (SSSR count). The van der Waals surface area contributed by atoms with Gasteiger partial charge in [0.25, 0.3) is 5.91 Å². The van der Waals surface area contributed by atoms with E-state index in [0.717, 1.165) is 30.2 Å². The van der Waals surface area contributed by atoms with Crippen molar-refractivity contribution in [3.8, 4) is 5.75 Å². The molecule has 1 heterocycles. The number of ether oxygens (including phenoxy) is 1. The number of piperazine rings is 1. The molecule has 6 heteroatoms. The molecular formula is C20H24ClN3O2. The van der Waals surface area contributed by atoms with Gasteiger partial charge in [0.1, 0.15) is 5.75 Å². The first-order chi connectivity index (χ1) is 12.5. The normalized spacial score (nSPS) is 15.1. The summed E-state index contributed by atoms with van der Waals surface area (Å²) in [6.07, 6.45) is 0. The van der Waals surface area contributed by atoms with Gasteiger partial charge < -0.3 is 15.4 Å². The van der Waals surface area contributed by atoms with Crippen LogP contribution in [0, 0.1) is 6.92 Å². The summed E-state index contributed by atoms with van der Waals surface area (Å²) in [4.78, 5) is 16.6. The zero-order valence-electron chi connectivity index (χ0n) is 15.0. The van der Waals surface area contributed by atoms with E-state index in [1.807, 2.05) is 48.2 Å². The second-order valence-electron chi connectivity index (χ2n) is 6.56. The van der Waals surface area contributed by atoms with E-state index in [4.69, 9.17) is 22.1 Å². The number of carbonyl (C=O) groups is 1. The Hall–Kier alpha value is -2.24. The summed E-state index contributed by atoms with van der Waals surface area (Å²) in [5.41, 5.74) is 8.75. The third-order valence-electron chi connectivity index (χ3n) is 4.68. The summed E-state index contributed by atoms with van der Waals surface area (Å²) in [7, 11) is 0. The molecule has 0 bridgehead atoms. The van der Waals surface area contributed by atoms with Crippen LogP contribution in [0.2, 0.25) is 5.02 Å². The van der Waals surface area contributed by atoms with Gasteiger partial charge in [-0.25, -0.2) is 0 Å². The average molecular weight is 374 g/mol. The molecule has 138 valence electrons. The second-order valence-corrected chi connectivity index (χ2v) is 7.00. The van der Waals surface area contributed by atoms with Crippen molar-refractivity contribution in [3.05, 3.63) is 58.6 Å². The minimum absolute atomic E-state index is 0.00273. The summed E-state index contributed by atoms with van der Waals surface area (Å²) in [5, 5.41) is 0.749. The number of amides is 1. The zero-order chi connectivity index (χ0) is 18.5. The van der Waals surface area contributed by atoms with Crippen molar-refractivity contribution >= 4 is 23.2 Å². The van der Waals surface area contributed by atoms with Crippen molar-refractivity contribution in [2.24, 2.45) is 0 Å². The van der Waals surface area contributed by atoms with Gasteiger partial charge in [-0.3, -0.25) is 9.69 Å². The number of nitrogens with two attached hydrogens (primary N) is 1. The van der Waals surface area contributed by atoms with Crippen LogP contribution >= 0.6 is 11.6 Å². The first-order valence-corrected chi connectivity index (χ1v) is 9.13. The van der Waals surface area contributed by atoms with Crippen LogP contribution in [0.15, 0.2) is 42.5 Å². The van der Waals surface area contributed by atoms with Crippen LogP contribution in [0.4, 0.5) is 5.69 Å². The predicted octanol–water partition coefficient (Wildman–Crippen LogP) is 2.95. The van der Waals surface area contributed by atoms with E-state index >= 15 is 0 Å². The summed E-state index contributed by atoms with van der Waals surface area (Å²) < 4.78 is 5.62. The molecular weight excluding hydrogens is 350 g/mol. The van der Waals surface area contributed by atoms with Crippen LogP contribution in [-0.2, 0) is 11.3 Å². The van der Waals surface area contributed by atoms with E-state index in [1.54, 1.807) is 6.07 Å². The summed E-state index contributed by atoms with van der Waals surface area (Å²) in [6, 6.07) is 13.5. The van der Waals surface area contributed by atoms with Gasteiger partial charge in [-0.05, 0) is 36.2 Å². The SMILES string of the molecule is Cc1cccc(OCC(=O)N2CCN(Cc3ccc(Cl)cc3)CC2)c1N. The Morgan fingerprint density at radius 3 is 2.50 bits per heavy atom. The molecule has 1 amide bonds. The van der Waals surface area contributed by atoms with E-state index < -0.39 is 0 Å². The van der Waals surface area contributed by atoms with Crippen LogP contribution in [0.25, 0.3) is 0 Å². The zero-order valence-corrected chi connectivity index (χ0v) is 15.7. The Labute approximate surface area is 159 Å². The van der Waals surface area contributed by atoms with Gasteiger partial charge in [0, 0.05) is 37.7 Å². The lowest BCUT2D eigenvalue weighted by Gasteiger charge is -2.34. The Morgan fingerprint density at radius 1 is 1.12 bits per heavy atom. The number of para-hydroxylation sites is 1. The van der Waals surface area contributed by atoms with Crippen LogP contribution in [0.5, 0.6) is 5.75 Å². The lowest BCUT2D eigenvalue weighted by atomic mass is 10.2. The third kappa shape index (κ3) is 4.68. The fraction of sp³-hybridized carbons (Fsp3) is 0.350. The van der Waals surface area contributed by atoms with E-state index in [-0.39, 0.29) is 12.5 Å². The molecule has 1 aliphatic rings. The Kier molecular flexibility index (Phi) is 6.01. The molecule has 0 unspecified atom stereocenters. The number of benzene rings is 2. The molecule has 0 spiro atoms. The third-order valence-corrected chi connectivity index (χ3v) is 4.93. The molecule has 0 saturated carbocycles. The minimum atomic E-state index is -0.00273. The largest absolute Gasteiger partial charge is 0.482 e. The van der Waals surface area contributed by atoms with Crippen molar-refractivity contribution < 1.29 is 9.53 Å². The number of rotatable bonds is 5. The van der Waals surface area contributed by atoms with E-state index in [0.29, 0.717) is 24.5 Å². The van der Waals surface area contributed by atoms with Crippen molar-refractivity contribution in [3.63, 3.8) is 0 Å². The highest BCUT2D eigenvalue weighted by molar-refractivity contribution is 6.30. The first kappa shape index (κ1) is 18.5. The highest BCUT2D eigenvalue weighted by Gasteiger charge is 2.21. The number of nitrogen functional groups attached to an aromatic ring is 1. The molecule has 1 saturated heterocycles. The fourth-order valence-electron chi connectivity index (χ4n) is 3.01. The van der Waals surface area contributed by atoms with Crippen LogP contribution in [-0.4, -0.2) is 48.5 Å². The fourth-order valence-corrected chi connectivity index (χ4v) is 3.14. The quantitative estimate of drug-likeness (QED) is 0.818. The van der Waals surface area contributed by atoms with Gasteiger partial charge in [-0.1, -0.05) is 35.9 Å². The number of carbonyl (C=O) groups excluding carboxylic acids is 1. The van der Waals surface area contributed by atoms with Crippen LogP contribution < -0.4 is 10.5 Å². The molecule has 0 radical (unpaired) electrons. The van der Waals surface area contributed by atoms with Gasteiger partial charge in [0.2, 0.25) is 0 Å². The number of aryl methyl sites for hydroxylation is 1. The topological polar surface area (TPSA) is 58.8 Å². The average Bonchev–Trinajstić information content (AvgIpc) is 2.65. The maximum Gasteiger partial charge on any atom is 0.260 e. The molecule has 0 atom stereocenters. The Morgan fingerprint density at radius 2 is 1.81 bits per heavy atom. The summed E-state index contributed by atoms with van der Waals surface area (Å²) in [6.45, 7) is 5.92. The molecule has 0 aromatic heterocycles. The van der Waals surface area contributed by atoms with E-state index in [9.17, 15) is 4.79 Å². The lowest BCUT2D eigenvalue weighted by molar-refractivity contribution is -0.135. The van der Waals surface area contributed by atoms with E-state index in [1.165, 1.54) is 5.56 Å². The summed E-state index contributed by atoms with van der Waals surface area (Å²) >= 11 is 5.92. The maximum atomic E-state index is 12.4. The maximum absolute atomic E-state index is 12.4. The van der Waals surface area contributed by atoms with Crippen molar-refractivity contribution in [2.45, 2.75) is 13.5 Å². The molecule has 1 fully saturated rings. The number of hydrogen-bond donors (Lipinski definition) is 1. The van der Waals surface area contributed by atoms with Gasteiger partial charge >= 0.3 is 0 Å². The smallest absolute Gasteiger partial charge is 0.260 e. The Balaban J connectivity index is 1.46. The molecule has 0 aliphatic carbocycles. The predicted molar refractivity (Wildman–Crippen MR) is 104 cm³/mol. The van der Waals surface area contributed by atoms with Crippen LogP contribution in [0.1, 0.15) is 11.1 Å². The minimum Gasteiger partial charge on any atom is -0.482 e. The molecule has 1 aliphatic heterocycles. The molecule has 2 N–H and O–H groups in total. The molecule has 2 aromatic carbocycles. The summed E-state index contributed by atoms with van der Waals surface area (Å²) in [5.74, 6) is 0.566. The van der Waals surface area contributed by atoms with Gasteiger partial charge in [0.05, 0.1) is 5.69 Å². The van der Waals surface area contributed by atoms with Gasteiger partial charge in [0.15, 0.2) is 6.61 Å². The van der Waals surface area contributed by atoms with E-state index in [2.05, 4.69) is 4.90 Å². The number of hydrogen-bond acceptors (Lipinski definition) is 4. The van der Waals surface area contributed by atoms with Crippen molar-refractivity contribution in [1.29, 1.82) is 0 Å². The monoisotopic (exact) mass is 373 g/mol. The standard InChI is InChI=1S/C20H24ClN3O2/c1-15-3-2-4-18(20(15)22)26-14-19(25)24-11-9-23(10-12-24)13-16-5-7-17(21)8-6-16/h2-8H,9-14,22H2,1H3. The molecule has 5 nitrogen and oxygen atoms in total. The van der Waals surface area contributed by atoms with Crippen molar-refractivity contribution in [2.75, 3.05) is 38.5 Å². The second kappa shape index (κ2) is 8.43. The number of halogens is 1. The number of anilines is 1. The molecule has 2 aromatic rings. The lowest BCUT2D eigenvalue weighted by Crippen LogP contribution is -2.49. The van der Waals surface area contributed by atoms with Crippen molar-refractivity contribution in [1.82, 2.24) is 9.80 Å². The number of nitrogens with zero attached hydrogens (tertiary/aromatic N) is 2. The highest BCUT2D eigenvalue weighted by Crippen LogP contribution is 2.24. The van der Waals surface area contributed by atoms with Gasteiger partial charge in [-0.15, -0.1) is 0 Å². The Bertz CT molecular complexity index is 756. The highest BCUT2D eigenvalue weighted by atomic mass is 35.5. The first-order valence-electron chi connectivity index (χ1n) is 8.75. The van der Waals surface area contributed by atoms with Gasteiger partial charge in [-0.2, -0.15) is 0 Å².